The van der Waals surface area contributed by atoms with Gasteiger partial charge in [0.05, 0.1) is 0 Å². The molecule has 3 aliphatic rings. The third-order valence-corrected chi connectivity index (χ3v) is 2.69. The summed E-state index contributed by atoms with van der Waals surface area (Å²) >= 11 is 0. The summed E-state index contributed by atoms with van der Waals surface area (Å²) in [6.45, 7) is 0. The van der Waals surface area contributed by atoms with Gasteiger partial charge in [0.1, 0.15) is 0 Å². The summed E-state index contributed by atoms with van der Waals surface area (Å²) in [7, 11) is 0. The number of rotatable bonds is 0. The first-order valence-electron chi connectivity index (χ1n) is 3.90. The quantitative estimate of drug-likeness (QED) is 0.484. The van der Waals surface area contributed by atoms with Crippen LogP contribution in [0.2, 0.25) is 0 Å². The Morgan fingerprint density at radius 1 is 0.636 bits per heavy atom. The van der Waals surface area contributed by atoms with Crippen molar-refractivity contribution < 1.29 is 0 Å². The van der Waals surface area contributed by atoms with Crippen LogP contribution in [0.1, 0.15) is 0 Å². The predicted molar refractivity (Wildman–Crippen MR) is 44.7 cm³/mol. The summed E-state index contributed by atoms with van der Waals surface area (Å²) in [4.78, 5) is 0. The Labute approximate surface area is 66.6 Å². The lowest BCUT2D eigenvalue weighted by Gasteiger charge is -2.18. The highest BCUT2D eigenvalue weighted by molar-refractivity contribution is 5.57. The van der Waals surface area contributed by atoms with Crippen molar-refractivity contribution in [2.45, 2.75) is 0 Å². The minimum atomic E-state index is 0.135. The van der Waals surface area contributed by atoms with Crippen LogP contribution in [-0.2, 0) is 0 Å². The molecule has 3 aliphatic carbocycles. The van der Waals surface area contributed by atoms with Crippen LogP contribution in [0.4, 0.5) is 0 Å². The Bertz CT molecular complexity index is 257. The SMILES string of the molecule is [C]1C23C=CC=CC12C=CC=C3. The molecule has 0 aliphatic heterocycles. The molecule has 0 spiro atoms. The summed E-state index contributed by atoms with van der Waals surface area (Å²) < 4.78 is 0. The predicted octanol–water partition coefficient (Wildman–Crippen LogP) is 2.31. The van der Waals surface area contributed by atoms with Gasteiger partial charge >= 0.3 is 0 Å². The van der Waals surface area contributed by atoms with Gasteiger partial charge in [-0.2, -0.15) is 0 Å². The summed E-state index contributed by atoms with van der Waals surface area (Å²) in [5.74, 6) is 0. The van der Waals surface area contributed by atoms with E-state index >= 15 is 0 Å². The highest BCUT2D eigenvalue weighted by Crippen LogP contribution is 2.68. The molecule has 0 aromatic heterocycles. The maximum atomic E-state index is 3.47. The molecule has 0 unspecified atom stereocenters. The van der Waals surface area contributed by atoms with Crippen LogP contribution in [0.5, 0.6) is 0 Å². The molecule has 0 nitrogen and oxygen atoms in total. The van der Waals surface area contributed by atoms with Gasteiger partial charge in [-0.1, -0.05) is 48.6 Å². The van der Waals surface area contributed by atoms with E-state index in [2.05, 4.69) is 55.0 Å². The Hall–Kier alpha value is -1.04. The van der Waals surface area contributed by atoms with Gasteiger partial charge in [-0.3, -0.25) is 0 Å². The first-order valence-corrected chi connectivity index (χ1v) is 3.90. The third kappa shape index (κ3) is 0.484. The van der Waals surface area contributed by atoms with E-state index in [-0.39, 0.29) is 10.8 Å². The van der Waals surface area contributed by atoms with Crippen LogP contribution in [-0.4, -0.2) is 0 Å². The Morgan fingerprint density at radius 3 is 1.36 bits per heavy atom. The molecule has 3 rings (SSSR count). The lowest BCUT2D eigenvalue weighted by Crippen LogP contribution is -2.09. The highest BCUT2D eigenvalue weighted by Gasteiger charge is 2.63. The molecule has 52 valence electrons. The second-order valence-corrected chi connectivity index (χ2v) is 3.30. The van der Waals surface area contributed by atoms with Gasteiger partial charge in [0.25, 0.3) is 0 Å². The third-order valence-electron chi connectivity index (χ3n) is 2.69. The van der Waals surface area contributed by atoms with E-state index in [1.807, 2.05) is 0 Å². The van der Waals surface area contributed by atoms with Crippen molar-refractivity contribution in [3.05, 3.63) is 55.0 Å². The number of allylic oxidation sites excluding steroid dienone is 8. The van der Waals surface area contributed by atoms with Gasteiger partial charge in [-0.25, -0.2) is 0 Å². The van der Waals surface area contributed by atoms with E-state index in [0.29, 0.717) is 0 Å². The Morgan fingerprint density at radius 2 is 1.00 bits per heavy atom. The maximum Gasteiger partial charge on any atom is 0.0281 e. The molecule has 0 aromatic carbocycles. The standard InChI is InChI=1S/C11H8/c1-2-6-11-8-4-3-7-10(11,5-1)9-11/h1-8H. The fraction of sp³-hybridized carbons (Fsp3) is 0.182. The fourth-order valence-corrected chi connectivity index (χ4v) is 1.97. The van der Waals surface area contributed by atoms with Crippen molar-refractivity contribution >= 4 is 0 Å². The molecule has 0 amide bonds. The summed E-state index contributed by atoms with van der Waals surface area (Å²) in [5, 5.41) is 0. The molecule has 2 radical (unpaired) electrons. The van der Waals surface area contributed by atoms with E-state index in [4.69, 9.17) is 0 Å². The second-order valence-electron chi connectivity index (χ2n) is 3.30. The average molecular weight is 140 g/mol. The largest absolute Gasteiger partial charge is 0.0727 e. The molecule has 0 saturated heterocycles. The lowest BCUT2D eigenvalue weighted by molar-refractivity contribution is 0.660. The van der Waals surface area contributed by atoms with Gasteiger partial charge in [0.2, 0.25) is 0 Å². The first kappa shape index (κ1) is 5.59. The van der Waals surface area contributed by atoms with Crippen molar-refractivity contribution in [2.24, 2.45) is 10.8 Å². The van der Waals surface area contributed by atoms with Crippen LogP contribution in [0.3, 0.4) is 0 Å². The van der Waals surface area contributed by atoms with E-state index in [1.54, 1.807) is 0 Å². The second kappa shape index (κ2) is 1.42. The first-order chi connectivity index (χ1) is 5.37. The molecule has 1 saturated carbocycles. The monoisotopic (exact) mass is 140 g/mol. The van der Waals surface area contributed by atoms with Crippen molar-refractivity contribution in [2.75, 3.05) is 0 Å². The maximum absolute atomic E-state index is 3.47. The fourth-order valence-electron chi connectivity index (χ4n) is 1.97. The zero-order valence-electron chi connectivity index (χ0n) is 6.12. The van der Waals surface area contributed by atoms with E-state index < -0.39 is 0 Å². The smallest absolute Gasteiger partial charge is 0.0281 e. The molecule has 0 bridgehead atoms. The zero-order valence-corrected chi connectivity index (χ0v) is 6.12. The van der Waals surface area contributed by atoms with Gasteiger partial charge in [0, 0.05) is 17.3 Å². The van der Waals surface area contributed by atoms with E-state index in [9.17, 15) is 0 Å². The van der Waals surface area contributed by atoms with Crippen molar-refractivity contribution in [1.82, 2.24) is 0 Å². The van der Waals surface area contributed by atoms with Crippen LogP contribution < -0.4 is 0 Å². The van der Waals surface area contributed by atoms with E-state index in [0.717, 1.165) is 0 Å². The van der Waals surface area contributed by atoms with Gasteiger partial charge < -0.3 is 0 Å². The molecular weight excluding hydrogens is 132 g/mol. The van der Waals surface area contributed by atoms with Crippen molar-refractivity contribution in [3.63, 3.8) is 0 Å². The topological polar surface area (TPSA) is 0 Å². The molecule has 0 atom stereocenters. The van der Waals surface area contributed by atoms with Gasteiger partial charge in [0.15, 0.2) is 0 Å². The number of hydrogen-bond donors (Lipinski definition) is 0. The number of hydrogen-bond acceptors (Lipinski definition) is 0. The zero-order chi connectivity index (χ0) is 7.36. The minimum Gasteiger partial charge on any atom is -0.0727 e. The van der Waals surface area contributed by atoms with Gasteiger partial charge in [-0.05, 0) is 0 Å². The van der Waals surface area contributed by atoms with Crippen LogP contribution >= 0.6 is 0 Å². The average Bonchev–Trinajstić information content (AvgIpc) is 2.72. The summed E-state index contributed by atoms with van der Waals surface area (Å²) in [6, 6.07) is 0. The Kier molecular flexibility index (Phi) is 0.724. The summed E-state index contributed by atoms with van der Waals surface area (Å²) in [6.07, 6.45) is 20.7. The highest BCUT2D eigenvalue weighted by atomic mass is 14.6. The normalized spacial score (nSPS) is 48.7. The van der Waals surface area contributed by atoms with Gasteiger partial charge in [-0.15, -0.1) is 0 Å². The summed E-state index contributed by atoms with van der Waals surface area (Å²) in [5.41, 5.74) is 0.271. The van der Waals surface area contributed by atoms with Crippen molar-refractivity contribution in [1.29, 1.82) is 0 Å². The van der Waals surface area contributed by atoms with Crippen LogP contribution in [0.15, 0.2) is 48.6 Å². The molecule has 0 heteroatoms. The molecule has 0 N–H and O–H groups in total. The van der Waals surface area contributed by atoms with Crippen LogP contribution in [0, 0.1) is 17.3 Å². The van der Waals surface area contributed by atoms with Crippen molar-refractivity contribution in [3.8, 4) is 0 Å². The molecule has 0 aromatic rings. The molecule has 11 heavy (non-hydrogen) atoms. The molecular formula is C11H8. The van der Waals surface area contributed by atoms with E-state index in [1.165, 1.54) is 0 Å². The lowest BCUT2D eigenvalue weighted by atomic mass is 9.85. The minimum absolute atomic E-state index is 0.135. The molecule has 0 heterocycles. The van der Waals surface area contributed by atoms with Crippen LogP contribution in [0.25, 0.3) is 0 Å². The Balaban J connectivity index is 2.19. The molecule has 1 fully saturated rings.